The molecule has 0 bridgehead atoms. The van der Waals surface area contributed by atoms with Crippen molar-refractivity contribution in [1.82, 2.24) is 15.1 Å². The number of rotatable bonds is 5. The third kappa shape index (κ3) is 4.46. The molecule has 0 spiro atoms. The molecule has 2 heterocycles. The van der Waals surface area contributed by atoms with Crippen molar-refractivity contribution in [2.24, 2.45) is 5.92 Å². The van der Waals surface area contributed by atoms with Gasteiger partial charge in [-0.3, -0.25) is 9.59 Å². The highest BCUT2D eigenvalue weighted by atomic mass is 32.1. The number of likely N-dealkylation sites (tertiary alicyclic amines) is 1. The Morgan fingerprint density at radius 2 is 1.96 bits per heavy atom. The summed E-state index contributed by atoms with van der Waals surface area (Å²) in [7, 11) is 0. The summed E-state index contributed by atoms with van der Waals surface area (Å²) in [6.45, 7) is 6.40. The van der Waals surface area contributed by atoms with Crippen LogP contribution < -0.4 is 5.32 Å². The van der Waals surface area contributed by atoms with E-state index < -0.39 is 0 Å². The number of carbonyl (C=O) groups excluding carboxylic acids is 2. The second-order valence-corrected chi connectivity index (χ2v) is 8.61. The van der Waals surface area contributed by atoms with E-state index in [1.807, 2.05) is 39.0 Å². The lowest BCUT2D eigenvalue weighted by molar-refractivity contribution is -0.131. The van der Waals surface area contributed by atoms with Crippen LogP contribution in [0, 0.1) is 5.92 Å². The van der Waals surface area contributed by atoms with Crippen molar-refractivity contribution in [2.75, 3.05) is 11.9 Å². The van der Waals surface area contributed by atoms with Gasteiger partial charge in [-0.2, -0.15) is 0 Å². The molecule has 0 radical (unpaired) electrons. The van der Waals surface area contributed by atoms with Gasteiger partial charge in [0.25, 0.3) is 0 Å². The predicted octanol–water partition coefficient (Wildman–Crippen LogP) is 2.91. The number of hydrogen-bond acceptors (Lipinski definition) is 5. The molecule has 7 heteroatoms. The lowest BCUT2D eigenvalue weighted by atomic mass is 10.1. The van der Waals surface area contributed by atoms with Crippen molar-refractivity contribution < 1.29 is 9.59 Å². The Bertz CT molecular complexity index is 782. The normalized spacial score (nSPS) is 17.6. The number of nitrogens with zero attached hydrogens (tertiary/aromatic N) is 3. The topological polar surface area (TPSA) is 75.2 Å². The molecule has 1 fully saturated rings. The van der Waals surface area contributed by atoms with Gasteiger partial charge in [0.05, 0.1) is 5.92 Å². The zero-order valence-corrected chi connectivity index (χ0v) is 16.2. The Morgan fingerprint density at radius 1 is 1.23 bits per heavy atom. The van der Waals surface area contributed by atoms with Crippen molar-refractivity contribution in [3.63, 3.8) is 0 Å². The number of aryl methyl sites for hydroxylation is 2. The van der Waals surface area contributed by atoms with Crippen molar-refractivity contribution >= 4 is 28.3 Å². The third-order valence-corrected chi connectivity index (χ3v) is 5.37. The summed E-state index contributed by atoms with van der Waals surface area (Å²) in [4.78, 5) is 26.4. The first kappa shape index (κ1) is 18.5. The number of aromatic nitrogens is 2. The molecule has 1 atom stereocenters. The van der Waals surface area contributed by atoms with Crippen molar-refractivity contribution in [3.8, 4) is 0 Å². The maximum atomic E-state index is 12.5. The second-order valence-electron chi connectivity index (χ2n) is 7.55. The first-order valence-corrected chi connectivity index (χ1v) is 9.62. The highest BCUT2D eigenvalue weighted by molar-refractivity contribution is 7.15. The molecule has 6 nitrogen and oxygen atoms in total. The van der Waals surface area contributed by atoms with Crippen LogP contribution in [-0.2, 0) is 22.4 Å². The molecule has 3 rings (SSSR count). The van der Waals surface area contributed by atoms with Gasteiger partial charge < -0.3 is 10.2 Å². The Labute approximate surface area is 157 Å². The SMILES string of the molecule is CC(C)(C)N1CC(C(=O)Nc2nnc(CCc3ccccc3)s2)CC1=O. The molecule has 2 amide bonds. The molecule has 1 unspecified atom stereocenters. The van der Waals surface area contributed by atoms with Crippen LogP contribution in [0.4, 0.5) is 5.13 Å². The number of benzene rings is 1. The summed E-state index contributed by atoms with van der Waals surface area (Å²) in [5, 5.41) is 12.4. The minimum atomic E-state index is -0.335. The zero-order chi connectivity index (χ0) is 18.7. The molecule has 1 aromatic carbocycles. The molecule has 1 N–H and O–H groups in total. The summed E-state index contributed by atoms with van der Waals surface area (Å²) in [6, 6.07) is 10.2. The predicted molar refractivity (Wildman–Crippen MR) is 102 cm³/mol. The fourth-order valence-electron chi connectivity index (χ4n) is 3.04. The van der Waals surface area contributed by atoms with Gasteiger partial charge in [0, 0.05) is 24.9 Å². The van der Waals surface area contributed by atoms with Crippen molar-refractivity contribution in [2.45, 2.75) is 45.6 Å². The quantitative estimate of drug-likeness (QED) is 0.876. The van der Waals surface area contributed by atoms with Crippen LogP contribution in [0.3, 0.4) is 0 Å². The number of nitrogens with one attached hydrogen (secondary N) is 1. The van der Waals surface area contributed by atoms with Crippen LogP contribution in [0.1, 0.15) is 37.8 Å². The number of hydrogen-bond donors (Lipinski definition) is 1. The van der Waals surface area contributed by atoms with E-state index in [0.29, 0.717) is 11.7 Å². The maximum Gasteiger partial charge on any atom is 0.231 e. The van der Waals surface area contributed by atoms with Gasteiger partial charge in [-0.15, -0.1) is 10.2 Å². The average molecular weight is 372 g/mol. The van der Waals surface area contributed by atoms with Crippen LogP contribution in [-0.4, -0.2) is 39.0 Å². The van der Waals surface area contributed by atoms with Crippen LogP contribution in [0.2, 0.25) is 0 Å². The summed E-state index contributed by atoms with van der Waals surface area (Å²) in [6.07, 6.45) is 1.93. The first-order valence-electron chi connectivity index (χ1n) is 8.80. The minimum absolute atomic E-state index is 0.0264. The summed E-state index contributed by atoms with van der Waals surface area (Å²) in [5.41, 5.74) is 0.986. The highest BCUT2D eigenvalue weighted by Crippen LogP contribution is 2.27. The van der Waals surface area contributed by atoms with E-state index in [1.165, 1.54) is 16.9 Å². The van der Waals surface area contributed by atoms with E-state index in [1.54, 1.807) is 4.90 Å². The molecule has 0 saturated carbocycles. The molecule has 0 aliphatic carbocycles. The molecule has 2 aromatic rings. The van der Waals surface area contributed by atoms with Gasteiger partial charge in [-0.25, -0.2) is 0 Å². The largest absolute Gasteiger partial charge is 0.337 e. The monoisotopic (exact) mass is 372 g/mol. The van der Waals surface area contributed by atoms with Crippen LogP contribution in [0.5, 0.6) is 0 Å². The van der Waals surface area contributed by atoms with E-state index in [4.69, 9.17) is 0 Å². The fraction of sp³-hybridized carbons (Fsp3) is 0.474. The summed E-state index contributed by atoms with van der Waals surface area (Å²) < 4.78 is 0. The van der Waals surface area contributed by atoms with Gasteiger partial charge in [0.2, 0.25) is 16.9 Å². The minimum Gasteiger partial charge on any atom is -0.337 e. The summed E-state index contributed by atoms with van der Waals surface area (Å²) in [5.74, 6) is -0.465. The van der Waals surface area contributed by atoms with E-state index in [9.17, 15) is 9.59 Å². The van der Waals surface area contributed by atoms with Crippen LogP contribution in [0.25, 0.3) is 0 Å². The molecule has 1 aromatic heterocycles. The molecule has 26 heavy (non-hydrogen) atoms. The lowest BCUT2D eigenvalue weighted by Gasteiger charge is -2.31. The Morgan fingerprint density at radius 3 is 2.62 bits per heavy atom. The molecule has 1 aliphatic rings. The van der Waals surface area contributed by atoms with E-state index in [2.05, 4.69) is 27.6 Å². The molecule has 1 saturated heterocycles. The molecular weight excluding hydrogens is 348 g/mol. The van der Waals surface area contributed by atoms with Gasteiger partial charge in [0.1, 0.15) is 5.01 Å². The second kappa shape index (κ2) is 7.53. The Balaban J connectivity index is 1.54. The summed E-state index contributed by atoms with van der Waals surface area (Å²) >= 11 is 1.39. The molecule has 138 valence electrons. The van der Waals surface area contributed by atoms with Gasteiger partial charge >= 0.3 is 0 Å². The average Bonchev–Trinajstić information content (AvgIpc) is 3.20. The molecular formula is C19H24N4O2S. The van der Waals surface area contributed by atoms with E-state index >= 15 is 0 Å². The Hall–Kier alpha value is -2.28. The zero-order valence-electron chi connectivity index (χ0n) is 15.4. The fourth-order valence-corrected chi connectivity index (χ4v) is 3.78. The smallest absolute Gasteiger partial charge is 0.231 e. The third-order valence-electron chi connectivity index (χ3n) is 4.47. The van der Waals surface area contributed by atoms with Crippen LogP contribution in [0.15, 0.2) is 30.3 Å². The van der Waals surface area contributed by atoms with Gasteiger partial charge in [-0.1, -0.05) is 41.7 Å². The van der Waals surface area contributed by atoms with E-state index in [-0.39, 0.29) is 29.7 Å². The van der Waals surface area contributed by atoms with E-state index in [0.717, 1.165) is 17.8 Å². The first-order chi connectivity index (χ1) is 12.3. The number of amides is 2. The van der Waals surface area contributed by atoms with Crippen molar-refractivity contribution in [1.29, 1.82) is 0 Å². The number of carbonyl (C=O) groups is 2. The van der Waals surface area contributed by atoms with Gasteiger partial charge in [-0.05, 0) is 32.8 Å². The standard InChI is InChI=1S/C19H24N4O2S/c1-19(2,3)23-12-14(11-16(23)24)17(25)20-18-22-21-15(26-18)10-9-13-7-5-4-6-8-13/h4-8,14H,9-12H2,1-3H3,(H,20,22,25). The van der Waals surface area contributed by atoms with Crippen molar-refractivity contribution in [3.05, 3.63) is 40.9 Å². The maximum absolute atomic E-state index is 12.5. The highest BCUT2D eigenvalue weighted by Gasteiger charge is 2.39. The lowest BCUT2D eigenvalue weighted by Crippen LogP contribution is -2.42. The van der Waals surface area contributed by atoms with Crippen LogP contribution >= 0.6 is 11.3 Å². The Kier molecular flexibility index (Phi) is 5.36. The molecule has 1 aliphatic heterocycles. The number of anilines is 1. The van der Waals surface area contributed by atoms with Gasteiger partial charge in [0.15, 0.2) is 0 Å².